The number of carbonyl (C=O) groups is 1. The molecule has 0 atom stereocenters. The standard InChI is InChI=1S/C14H20N2OS/c1-14(2)13(17)15-8-9-16(14)10-11-18-12-6-4-3-5-7-12/h3-7H,8-11H2,1-2H3,(H,15,17). The highest BCUT2D eigenvalue weighted by Gasteiger charge is 2.36. The summed E-state index contributed by atoms with van der Waals surface area (Å²) >= 11 is 1.84. The van der Waals surface area contributed by atoms with Crippen molar-refractivity contribution in [2.24, 2.45) is 0 Å². The average Bonchev–Trinajstić information content (AvgIpc) is 2.36. The van der Waals surface area contributed by atoms with E-state index in [2.05, 4.69) is 34.5 Å². The van der Waals surface area contributed by atoms with Gasteiger partial charge in [0.15, 0.2) is 0 Å². The van der Waals surface area contributed by atoms with Gasteiger partial charge in [-0.1, -0.05) is 18.2 Å². The predicted octanol–water partition coefficient (Wildman–Crippen LogP) is 1.99. The van der Waals surface area contributed by atoms with Crippen LogP contribution < -0.4 is 5.32 Å². The molecule has 0 bridgehead atoms. The van der Waals surface area contributed by atoms with Crippen LogP contribution in [-0.2, 0) is 4.79 Å². The van der Waals surface area contributed by atoms with Crippen LogP contribution in [0.2, 0.25) is 0 Å². The van der Waals surface area contributed by atoms with Gasteiger partial charge < -0.3 is 5.32 Å². The van der Waals surface area contributed by atoms with Gasteiger partial charge >= 0.3 is 0 Å². The van der Waals surface area contributed by atoms with E-state index in [9.17, 15) is 4.79 Å². The Morgan fingerprint density at radius 3 is 2.78 bits per heavy atom. The van der Waals surface area contributed by atoms with Crippen molar-refractivity contribution >= 4 is 17.7 Å². The number of carbonyl (C=O) groups excluding carboxylic acids is 1. The molecule has 98 valence electrons. The van der Waals surface area contributed by atoms with Crippen LogP contribution in [0.3, 0.4) is 0 Å². The van der Waals surface area contributed by atoms with E-state index < -0.39 is 0 Å². The second-order valence-corrected chi connectivity index (χ2v) is 6.13. The van der Waals surface area contributed by atoms with Crippen LogP contribution in [0, 0.1) is 0 Å². The van der Waals surface area contributed by atoms with Gasteiger partial charge in [-0.15, -0.1) is 11.8 Å². The Balaban J connectivity index is 1.84. The first-order valence-corrected chi connectivity index (χ1v) is 7.30. The van der Waals surface area contributed by atoms with Crippen molar-refractivity contribution in [3.05, 3.63) is 30.3 Å². The Bertz CT molecular complexity index is 406. The van der Waals surface area contributed by atoms with Gasteiger partial charge in [-0.25, -0.2) is 0 Å². The summed E-state index contributed by atoms with van der Waals surface area (Å²) < 4.78 is 0. The Morgan fingerprint density at radius 1 is 1.33 bits per heavy atom. The van der Waals surface area contributed by atoms with Crippen LogP contribution in [0.25, 0.3) is 0 Å². The van der Waals surface area contributed by atoms with Crippen LogP contribution in [-0.4, -0.2) is 41.7 Å². The summed E-state index contributed by atoms with van der Waals surface area (Å²) in [6.45, 7) is 6.63. The van der Waals surface area contributed by atoms with Crippen LogP contribution in [0.4, 0.5) is 0 Å². The third-order valence-electron chi connectivity index (χ3n) is 3.39. The van der Waals surface area contributed by atoms with E-state index in [4.69, 9.17) is 0 Å². The highest BCUT2D eigenvalue weighted by molar-refractivity contribution is 7.99. The van der Waals surface area contributed by atoms with Gasteiger partial charge in [-0.3, -0.25) is 9.69 Å². The highest BCUT2D eigenvalue weighted by atomic mass is 32.2. The molecule has 0 aromatic heterocycles. The molecule has 1 aliphatic rings. The molecule has 0 unspecified atom stereocenters. The number of nitrogens with one attached hydrogen (secondary N) is 1. The van der Waals surface area contributed by atoms with Crippen molar-refractivity contribution in [2.45, 2.75) is 24.3 Å². The molecule has 18 heavy (non-hydrogen) atoms. The topological polar surface area (TPSA) is 32.3 Å². The third kappa shape index (κ3) is 3.06. The Hall–Kier alpha value is -1.00. The van der Waals surface area contributed by atoms with Gasteiger partial charge in [0, 0.05) is 30.3 Å². The van der Waals surface area contributed by atoms with Crippen molar-refractivity contribution in [1.82, 2.24) is 10.2 Å². The van der Waals surface area contributed by atoms with E-state index in [1.807, 2.05) is 31.7 Å². The average molecular weight is 264 g/mol. The number of hydrogen-bond donors (Lipinski definition) is 1. The molecule has 2 rings (SSSR count). The number of piperazine rings is 1. The molecule has 1 amide bonds. The molecule has 0 radical (unpaired) electrons. The van der Waals surface area contributed by atoms with E-state index in [0.29, 0.717) is 0 Å². The Kier molecular flexibility index (Phi) is 4.30. The molecule has 3 nitrogen and oxygen atoms in total. The molecule has 4 heteroatoms. The Morgan fingerprint density at radius 2 is 2.06 bits per heavy atom. The minimum atomic E-state index is -0.379. The summed E-state index contributed by atoms with van der Waals surface area (Å²) in [7, 11) is 0. The first-order valence-electron chi connectivity index (χ1n) is 6.32. The summed E-state index contributed by atoms with van der Waals surface area (Å²) in [5.74, 6) is 1.15. The summed E-state index contributed by atoms with van der Waals surface area (Å²) in [4.78, 5) is 15.4. The highest BCUT2D eigenvalue weighted by Crippen LogP contribution is 2.21. The molecule has 1 N–H and O–H groups in total. The lowest BCUT2D eigenvalue weighted by Gasteiger charge is -2.41. The van der Waals surface area contributed by atoms with Crippen LogP contribution in [0.15, 0.2) is 35.2 Å². The van der Waals surface area contributed by atoms with E-state index in [-0.39, 0.29) is 11.4 Å². The minimum absolute atomic E-state index is 0.137. The van der Waals surface area contributed by atoms with Crippen molar-refractivity contribution < 1.29 is 4.79 Å². The van der Waals surface area contributed by atoms with Crippen molar-refractivity contribution in [1.29, 1.82) is 0 Å². The molecule has 1 aromatic carbocycles. The van der Waals surface area contributed by atoms with Gasteiger partial charge in [-0.05, 0) is 26.0 Å². The van der Waals surface area contributed by atoms with Gasteiger partial charge in [0.25, 0.3) is 0 Å². The molecule has 0 saturated carbocycles. The third-order valence-corrected chi connectivity index (χ3v) is 4.38. The molecule has 1 heterocycles. The van der Waals surface area contributed by atoms with Crippen molar-refractivity contribution in [3.63, 3.8) is 0 Å². The fourth-order valence-electron chi connectivity index (χ4n) is 2.13. The normalized spacial score (nSPS) is 19.6. The lowest BCUT2D eigenvalue weighted by atomic mass is 9.99. The molecular weight excluding hydrogens is 244 g/mol. The largest absolute Gasteiger partial charge is 0.353 e. The monoisotopic (exact) mass is 264 g/mol. The number of benzene rings is 1. The molecule has 1 aromatic rings. The fraction of sp³-hybridized carbons (Fsp3) is 0.500. The summed E-state index contributed by atoms with van der Waals surface area (Å²) in [5, 5.41) is 2.92. The number of thioether (sulfide) groups is 1. The number of amides is 1. The van der Waals surface area contributed by atoms with Crippen LogP contribution >= 0.6 is 11.8 Å². The van der Waals surface area contributed by atoms with E-state index in [0.717, 1.165) is 25.4 Å². The summed E-state index contributed by atoms with van der Waals surface area (Å²) in [6.07, 6.45) is 0. The predicted molar refractivity (Wildman–Crippen MR) is 75.8 cm³/mol. The van der Waals surface area contributed by atoms with Crippen molar-refractivity contribution in [2.75, 3.05) is 25.4 Å². The lowest BCUT2D eigenvalue weighted by molar-refractivity contribution is -0.134. The van der Waals surface area contributed by atoms with E-state index >= 15 is 0 Å². The van der Waals surface area contributed by atoms with Crippen LogP contribution in [0.5, 0.6) is 0 Å². The zero-order valence-electron chi connectivity index (χ0n) is 11.0. The lowest BCUT2D eigenvalue weighted by Crippen LogP contribution is -2.62. The SMILES string of the molecule is CC1(C)C(=O)NCCN1CCSc1ccccc1. The minimum Gasteiger partial charge on any atom is -0.353 e. The number of rotatable bonds is 4. The van der Waals surface area contributed by atoms with Gasteiger partial charge in [0.05, 0.1) is 5.54 Å². The molecule has 1 aliphatic heterocycles. The molecule has 0 aliphatic carbocycles. The maximum Gasteiger partial charge on any atom is 0.239 e. The van der Waals surface area contributed by atoms with Gasteiger partial charge in [-0.2, -0.15) is 0 Å². The quantitative estimate of drug-likeness (QED) is 0.844. The first-order chi connectivity index (χ1) is 8.60. The zero-order chi connectivity index (χ0) is 13.0. The maximum atomic E-state index is 11.8. The van der Waals surface area contributed by atoms with Crippen LogP contribution in [0.1, 0.15) is 13.8 Å². The van der Waals surface area contributed by atoms with Gasteiger partial charge in [0.2, 0.25) is 5.91 Å². The Labute approximate surface area is 113 Å². The second kappa shape index (κ2) is 5.76. The molecule has 1 fully saturated rings. The molecule has 1 saturated heterocycles. The van der Waals surface area contributed by atoms with Crippen molar-refractivity contribution in [3.8, 4) is 0 Å². The van der Waals surface area contributed by atoms with E-state index in [1.165, 1.54) is 4.90 Å². The molecular formula is C14H20N2OS. The molecule has 0 spiro atoms. The van der Waals surface area contributed by atoms with E-state index in [1.54, 1.807) is 0 Å². The number of hydrogen-bond acceptors (Lipinski definition) is 3. The van der Waals surface area contributed by atoms with Gasteiger partial charge in [0.1, 0.15) is 0 Å². The second-order valence-electron chi connectivity index (χ2n) is 4.96. The first kappa shape index (κ1) is 13.4. The summed E-state index contributed by atoms with van der Waals surface area (Å²) in [6, 6.07) is 10.4. The number of nitrogens with zero attached hydrogens (tertiary/aromatic N) is 1. The fourth-order valence-corrected chi connectivity index (χ4v) is 3.02. The smallest absolute Gasteiger partial charge is 0.239 e. The maximum absolute atomic E-state index is 11.8. The zero-order valence-corrected chi connectivity index (χ0v) is 11.8. The summed E-state index contributed by atoms with van der Waals surface area (Å²) in [5.41, 5.74) is -0.379.